The van der Waals surface area contributed by atoms with Crippen molar-refractivity contribution in [1.82, 2.24) is 19.5 Å². The molecule has 2 aliphatic rings. The molecular weight excluding hydrogens is 469 g/mol. The Hall–Kier alpha value is -2.58. The van der Waals surface area contributed by atoms with E-state index in [1.807, 2.05) is 12.3 Å². The Morgan fingerprint density at radius 2 is 1.80 bits per heavy atom. The number of rotatable bonds is 6. The third kappa shape index (κ3) is 5.48. The van der Waals surface area contributed by atoms with Crippen molar-refractivity contribution in [2.24, 2.45) is 0 Å². The van der Waals surface area contributed by atoms with Crippen molar-refractivity contribution in [2.75, 3.05) is 25.9 Å². The van der Waals surface area contributed by atoms with E-state index >= 15 is 0 Å². The number of aromatic nitrogens is 3. The van der Waals surface area contributed by atoms with Gasteiger partial charge in [0.25, 0.3) is 0 Å². The molecule has 0 N–H and O–H groups in total. The summed E-state index contributed by atoms with van der Waals surface area (Å²) in [5.74, 6) is -0.408. The molecule has 1 aliphatic heterocycles. The van der Waals surface area contributed by atoms with Gasteiger partial charge >= 0.3 is 6.18 Å². The molecule has 2 aromatic heterocycles. The highest BCUT2D eigenvalue weighted by molar-refractivity contribution is 8.02. The van der Waals surface area contributed by atoms with Gasteiger partial charge in [0, 0.05) is 46.5 Å². The zero-order chi connectivity index (χ0) is 24.4. The molecule has 35 heavy (non-hydrogen) atoms. The van der Waals surface area contributed by atoms with Crippen LogP contribution in [0.3, 0.4) is 0 Å². The van der Waals surface area contributed by atoms with E-state index in [2.05, 4.69) is 39.2 Å². The molecule has 0 amide bonds. The van der Waals surface area contributed by atoms with E-state index in [-0.39, 0.29) is 6.42 Å². The molecule has 1 unspecified atom stereocenters. The maximum atomic E-state index is 13.4. The van der Waals surface area contributed by atoms with Gasteiger partial charge in [-0.25, -0.2) is 9.50 Å². The van der Waals surface area contributed by atoms with E-state index in [1.54, 1.807) is 23.2 Å². The first-order valence-electron chi connectivity index (χ1n) is 12.1. The molecule has 1 saturated heterocycles. The number of thioether (sulfide) groups is 1. The average Bonchev–Trinajstić information content (AvgIpc) is 3.31. The molecule has 1 atom stereocenters. The van der Waals surface area contributed by atoms with E-state index in [1.165, 1.54) is 55.8 Å². The Labute approximate surface area is 207 Å². The van der Waals surface area contributed by atoms with Crippen LogP contribution in [0.4, 0.5) is 13.2 Å². The summed E-state index contributed by atoms with van der Waals surface area (Å²) < 4.78 is 42.0. The Morgan fingerprint density at radius 1 is 1.03 bits per heavy atom. The fourth-order valence-electron chi connectivity index (χ4n) is 4.93. The molecule has 3 heterocycles. The summed E-state index contributed by atoms with van der Waals surface area (Å²) in [4.78, 5) is 7.77. The van der Waals surface area contributed by atoms with E-state index in [0.717, 1.165) is 24.1 Å². The van der Waals surface area contributed by atoms with Crippen molar-refractivity contribution in [3.63, 3.8) is 0 Å². The van der Waals surface area contributed by atoms with Gasteiger partial charge in [-0.3, -0.25) is 0 Å². The summed E-state index contributed by atoms with van der Waals surface area (Å²) in [7, 11) is 0. The average molecular weight is 499 g/mol. The van der Waals surface area contributed by atoms with Gasteiger partial charge in [-0.15, -0.1) is 11.8 Å². The molecule has 0 saturated carbocycles. The highest BCUT2D eigenvalue weighted by atomic mass is 32.2. The lowest BCUT2D eigenvalue weighted by Crippen LogP contribution is -2.31. The number of hydrogen-bond acceptors (Lipinski definition) is 4. The lowest BCUT2D eigenvalue weighted by Gasteiger charge is -2.26. The van der Waals surface area contributed by atoms with Crippen molar-refractivity contribution < 1.29 is 13.2 Å². The standard InChI is InChI=1S/C27H29F3N4S/c1-35-24-14-21(13-23(15-24)27(28,29)30)25-17-32-34-18-22(16-31-26(25)34)20-7-5-19(6-8-20)9-12-33-10-3-2-4-11-33/h5-8,14-18,21H,2-4,9-13H2,1H3. The van der Waals surface area contributed by atoms with Crippen molar-refractivity contribution in [1.29, 1.82) is 0 Å². The summed E-state index contributed by atoms with van der Waals surface area (Å²) in [6.07, 6.45) is 10.8. The number of benzene rings is 1. The second kappa shape index (κ2) is 10.2. The Kier molecular flexibility index (Phi) is 7.02. The number of hydrogen-bond donors (Lipinski definition) is 0. The topological polar surface area (TPSA) is 33.4 Å². The predicted octanol–water partition coefficient (Wildman–Crippen LogP) is 6.65. The molecular formula is C27H29F3N4S. The van der Waals surface area contributed by atoms with Gasteiger partial charge in [0.15, 0.2) is 5.65 Å². The minimum atomic E-state index is -4.34. The summed E-state index contributed by atoms with van der Waals surface area (Å²) in [5, 5.41) is 4.43. The maximum absolute atomic E-state index is 13.4. The summed E-state index contributed by atoms with van der Waals surface area (Å²) >= 11 is 1.32. The van der Waals surface area contributed by atoms with Crippen LogP contribution < -0.4 is 0 Å². The van der Waals surface area contributed by atoms with E-state index < -0.39 is 17.7 Å². The predicted molar refractivity (Wildman–Crippen MR) is 136 cm³/mol. The second-order valence-corrected chi connectivity index (χ2v) is 10.2. The van der Waals surface area contributed by atoms with Gasteiger partial charge in [-0.2, -0.15) is 18.3 Å². The molecule has 1 aliphatic carbocycles. The molecule has 4 nitrogen and oxygen atoms in total. The first kappa shape index (κ1) is 24.1. The lowest BCUT2D eigenvalue weighted by atomic mass is 9.89. The number of nitrogens with zero attached hydrogens (tertiary/aromatic N) is 4. The monoisotopic (exact) mass is 498 g/mol. The van der Waals surface area contributed by atoms with Crippen LogP contribution in [0.15, 0.2) is 65.5 Å². The van der Waals surface area contributed by atoms with Crippen molar-refractivity contribution in [3.8, 4) is 11.1 Å². The largest absolute Gasteiger partial charge is 0.412 e. The lowest BCUT2D eigenvalue weighted by molar-refractivity contribution is -0.0944. The number of piperidine rings is 1. The number of allylic oxidation sites excluding steroid dienone is 3. The molecule has 0 radical (unpaired) electrons. The second-order valence-electron chi connectivity index (χ2n) is 9.31. The molecule has 184 valence electrons. The van der Waals surface area contributed by atoms with Gasteiger partial charge in [0.05, 0.1) is 6.20 Å². The third-order valence-electron chi connectivity index (χ3n) is 6.96. The van der Waals surface area contributed by atoms with Crippen molar-refractivity contribution in [3.05, 3.63) is 76.6 Å². The van der Waals surface area contributed by atoms with Crippen LogP contribution in [0.1, 0.15) is 42.7 Å². The first-order valence-corrected chi connectivity index (χ1v) is 13.3. The normalized spacial score (nSPS) is 19.6. The fourth-order valence-corrected chi connectivity index (χ4v) is 5.50. The minimum absolute atomic E-state index is 0.1000. The van der Waals surface area contributed by atoms with Gasteiger partial charge in [-0.1, -0.05) is 36.8 Å². The van der Waals surface area contributed by atoms with E-state index in [0.29, 0.717) is 16.1 Å². The SMILES string of the molecule is CSC1=CC(c2cnn3cc(-c4ccc(CCN5CCCCC5)cc4)cnc23)CC(C(F)(F)F)=C1. The number of alkyl halides is 3. The zero-order valence-corrected chi connectivity index (χ0v) is 20.6. The van der Waals surface area contributed by atoms with Gasteiger partial charge in [-0.05, 0) is 62.2 Å². The van der Waals surface area contributed by atoms with Gasteiger partial charge in [0.2, 0.25) is 0 Å². The summed E-state index contributed by atoms with van der Waals surface area (Å²) in [6, 6.07) is 8.54. The number of likely N-dealkylation sites (tertiary alicyclic amines) is 1. The molecule has 1 fully saturated rings. The Balaban J connectivity index is 1.32. The third-order valence-corrected chi connectivity index (χ3v) is 7.68. The van der Waals surface area contributed by atoms with Crippen LogP contribution in [-0.4, -0.2) is 51.6 Å². The molecule has 8 heteroatoms. The van der Waals surface area contributed by atoms with Gasteiger partial charge in [0.1, 0.15) is 0 Å². The van der Waals surface area contributed by atoms with Crippen molar-refractivity contribution >= 4 is 17.4 Å². The molecule has 1 aromatic carbocycles. The van der Waals surface area contributed by atoms with Crippen LogP contribution in [0, 0.1) is 0 Å². The zero-order valence-electron chi connectivity index (χ0n) is 19.8. The Morgan fingerprint density at radius 3 is 2.51 bits per heavy atom. The summed E-state index contributed by atoms with van der Waals surface area (Å²) in [5.41, 5.74) is 4.09. The van der Waals surface area contributed by atoms with Crippen LogP contribution in [0.5, 0.6) is 0 Å². The molecule has 5 rings (SSSR count). The fraction of sp³-hybridized carbons (Fsp3) is 0.407. The first-order chi connectivity index (χ1) is 16.9. The molecule has 0 spiro atoms. The van der Waals surface area contributed by atoms with Crippen LogP contribution >= 0.6 is 11.8 Å². The van der Waals surface area contributed by atoms with Crippen LogP contribution in [0.25, 0.3) is 16.8 Å². The number of fused-ring (bicyclic) bond motifs is 1. The molecule has 3 aromatic rings. The summed E-state index contributed by atoms with van der Waals surface area (Å²) in [6.45, 7) is 3.51. The number of halogens is 3. The van der Waals surface area contributed by atoms with E-state index in [9.17, 15) is 13.2 Å². The van der Waals surface area contributed by atoms with E-state index in [4.69, 9.17) is 0 Å². The van der Waals surface area contributed by atoms with Gasteiger partial charge < -0.3 is 4.90 Å². The minimum Gasteiger partial charge on any atom is -0.303 e. The van der Waals surface area contributed by atoms with Crippen molar-refractivity contribution in [2.45, 2.75) is 44.2 Å². The van der Waals surface area contributed by atoms with Crippen LogP contribution in [-0.2, 0) is 6.42 Å². The Bertz CT molecular complexity index is 1240. The highest BCUT2D eigenvalue weighted by Gasteiger charge is 2.37. The van der Waals surface area contributed by atoms with Crippen LogP contribution in [0.2, 0.25) is 0 Å². The quantitative estimate of drug-likeness (QED) is 0.381. The maximum Gasteiger partial charge on any atom is 0.412 e. The smallest absolute Gasteiger partial charge is 0.303 e. The highest BCUT2D eigenvalue weighted by Crippen LogP contribution is 2.41. The molecule has 0 bridgehead atoms.